The number of aliphatic hydroxyl groups excluding tert-OH is 1. The minimum absolute atomic E-state index is 0.0839. The van der Waals surface area contributed by atoms with Crippen LogP contribution in [0.1, 0.15) is 31.2 Å². The molecule has 0 spiro atoms. The topological polar surface area (TPSA) is 61.4 Å². The van der Waals surface area contributed by atoms with E-state index in [4.69, 9.17) is 0 Å². The molecule has 1 aromatic rings. The van der Waals surface area contributed by atoms with Crippen LogP contribution in [0.2, 0.25) is 0 Å². The normalized spacial score (nSPS) is 22.7. The number of alkyl halides is 3. The number of hydrogen-bond donors (Lipinski definition) is 3. The standard InChI is InChI=1S/C17H23F3N2O2/c18-17(19,20)13-7-4-8-14(10-13)21-16(24)22-15(11-23)9-12-5-2-1-3-6-12/h1-3,5-6,13-15,23H,4,7-11H2,(H2,21,22,24)/t13-,14-,15-/m0/s1. The summed E-state index contributed by atoms with van der Waals surface area (Å²) < 4.78 is 38.4. The first-order chi connectivity index (χ1) is 11.4. The number of carbonyl (C=O) groups excluding carboxylic acids is 1. The zero-order valence-corrected chi connectivity index (χ0v) is 13.4. The first-order valence-corrected chi connectivity index (χ1v) is 8.17. The zero-order valence-electron chi connectivity index (χ0n) is 13.4. The lowest BCUT2D eigenvalue weighted by molar-refractivity contribution is -0.183. The van der Waals surface area contributed by atoms with Crippen LogP contribution in [0.25, 0.3) is 0 Å². The van der Waals surface area contributed by atoms with Crippen molar-refractivity contribution in [2.24, 2.45) is 5.92 Å². The highest BCUT2D eigenvalue weighted by Gasteiger charge is 2.42. The lowest BCUT2D eigenvalue weighted by Crippen LogP contribution is -2.50. The molecule has 3 N–H and O–H groups in total. The Morgan fingerprint density at radius 2 is 1.96 bits per heavy atom. The second-order valence-corrected chi connectivity index (χ2v) is 6.29. The fraction of sp³-hybridized carbons (Fsp3) is 0.588. The third-order valence-electron chi connectivity index (χ3n) is 4.35. The van der Waals surface area contributed by atoms with Gasteiger partial charge in [0, 0.05) is 6.04 Å². The molecule has 4 nitrogen and oxygen atoms in total. The van der Waals surface area contributed by atoms with Crippen LogP contribution in [0.3, 0.4) is 0 Å². The highest BCUT2D eigenvalue weighted by molar-refractivity contribution is 5.74. The molecule has 0 bridgehead atoms. The van der Waals surface area contributed by atoms with Gasteiger partial charge in [0.1, 0.15) is 0 Å². The Bertz CT molecular complexity index is 522. The van der Waals surface area contributed by atoms with E-state index in [1.54, 1.807) is 0 Å². The summed E-state index contributed by atoms with van der Waals surface area (Å²) in [6, 6.07) is 7.88. The molecule has 0 aliphatic heterocycles. The number of hydrogen-bond acceptors (Lipinski definition) is 2. The van der Waals surface area contributed by atoms with Crippen LogP contribution in [0.4, 0.5) is 18.0 Å². The largest absolute Gasteiger partial charge is 0.394 e. The lowest BCUT2D eigenvalue weighted by Gasteiger charge is -2.31. The molecule has 1 aromatic carbocycles. The Morgan fingerprint density at radius 3 is 2.58 bits per heavy atom. The van der Waals surface area contributed by atoms with Crippen LogP contribution in [-0.4, -0.2) is 36.0 Å². The van der Waals surface area contributed by atoms with Crippen molar-refractivity contribution in [1.82, 2.24) is 10.6 Å². The number of amides is 2. The van der Waals surface area contributed by atoms with Crippen molar-refractivity contribution in [3.63, 3.8) is 0 Å². The van der Waals surface area contributed by atoms with Crippen LogP contribution >= 0.6 is 0 Å². The van der Waals surface area contributed by atoms with E-state index in [1.807, 2.05) is 30.3 Å². The molecule has 7 heteroatoms. The molecular formula is C17H23F3N2O2. The van der Waals surface area contributed by atoms with Crippen molar-refractivity contribution >= 4 is 6.03 Å². The van der Waals surface area contributed by atoms with Gasteiger partial charge in [-0.1, -0.05) is 36.8 Å². The van der Waals surface area contributed by atoms with Crippen LogP contribution in [-0.2, 0) is 6.42 Å². The van der Waals surface area contributed by atoms with Gasteiger partial charge < -0.3 is 15.7 Å². The summed E-state index contributed by atoms with van der Waals surface area (Å²) in [4.78, 5) is 12.0. The highest BCUT2D eigenvalue weighted by Crippen LogP contribution is 2.37. The quantitative estimate of drug-likeness (QED) is 0.769. The maximum Gasteiger partial charge on any atom is 0.391 e. The van der Waals surface area contributed by atoms with E-state index in [9.17, 15) is 23.1 Å². The van der Waals surface area contributed by atoms with E-state index in [-0.39, 0.29) is 19.4 Å². The molecule has 0 saturated heterocycles. The third kappa shape index (κ3) is 5.70. The second kappa shape index (κ2) is 8.37. The van der Waals surface area contributed by atoms with Crippen molar-refractivity contribution in [2.45, 2.75) is 50.4 Å². The average Bonchev–Trinajstić information content (AvgIpc) is 2.54. The number of benzene rings is 1. The van der Waals surface area contributed by atoms with Gasteiger partial charge in [-0.3, -0.25) is 0 Å². The minimum Gasteiger partial charge on any atom is -0.394 e. The van der Waals surface area contributed by atoms with E-state index in [1.165, 1.54) is 0 Å². The molecule has 0 aromatic heterocycles. The first kappa shape index (κ1) is 18.6. The van der Waals surface area contributed by atoms with Crippen LogP contribution in [0.15, 0.2) is 30.3 Å². The Balaban J connectivity index is 1.83. The first-order valence-electron chi connectivity index (χ1n) is 8.17. The molecule has 134 valence electrons. The minimum atomic E-state index is -4.21. The van der Waals surface area contributed by atoms with E-state index in [0.29, 0.717) is 19.3 Å². The van der Waals surface area contributed by atoms with Gasteiger partial charge in [-0.25, -0.2) is 4.79 Å². The van der Waals surface area contributed by atoms with Crippen LogP contribution in [0.5, 0.6) is 0 Å². The molecule has 0 heterocycles. The molecule has 24 heavy (non-hydrogen) atoms. The number of halogens is 3. The number of nitrogens with one attached hydrogen (secondary N) is 2. The summed E-state index contributed by atoms with van der Waals surface area (Å²) in [6.45, 7) is -0.238. The fourth-order valence-corrected chi connectivity index (χ4v) is 3.09. The van der Waals surface area contributed by atoms with Crippen molar-refractivity contribution in [3.8, 4) is 0 Å². The van der Waals surface area contributed by atoms with Gasteiger partial charge in [0.15, 0.2) is 0 Å². The Hall–Kier alpha value is -1.76. The van der Waals surface area contributed by atoms with Crippen molar-refractivity contribution in [2.75, 3.05) is 6.61 Å². The SMILES string of the molecule is O=C(N[C@H](CO)Cc1ccccc1)N[C@H]1CCC[C@H](C(F)(F)F)C1. The molecule has 2 rings (SSSR count). The number of carbonyl (C=O) groups is 1. The Morgan fingerprint density at radius 1 is 1.25 bits per heavy atom. The zero-order chi connectivity index (χ0) is 17.6. The molecule has 1 saturated carbocycles. The van der Waals surface area contributed by atoms with Gasteiger partial charge in [-0.05, 0) is 31.2 Å². The van der Waals surface area contributed by atoms with Gasteiger partial charge in [0.05, 0.1) is 18.6 Å². The maximum absolute atomic E-state index is 12.8. The predicted octanol–water partition coefficient (Wildman–Crippen LogP) is 3.01. The average molecular weight is 344 g/mol. The summed E-state index contributed by atoms with van der Waals surface area (Å²) in [7, 11) is 0. The fourth-order valence-electron chi connectivity index (χ4n) is 3.09. The summed E-state index contributed by atoms with van der Waals surface area (Å²) in [5.74, 6) is -1.35. The van der Waals surface area contributed by atoms with Crippen LogP contribution in [0, 0.1) is 5.92 Å². The van der Waals surface area contributed by atoms with Crippen molar-refractivity contribution in [1.29, 1.82) is 0 Å². The summed E-state index contributed by atoms with van der Waals surface area (Å²) >= 11 is 0. The molecule has 3 atom stereocenters. The number of aliphatic hydroxyl groups is 1. The maximum atomic E-state index is 12.8. The van der Waals surface area contributed by atoms with E-state index >= 15 is 0 Å². The molecular weight excluding hydrogens is 321 g/mol. The number of urea groups is 1. The Labute approximate surface area is 139 Å². The summed E-state index contributed by atoms with van der Waals surface area (Å²) in [5, 5.41) is 14.6. The lowest BCUT2D eigenvalue weighted by atomic mass is 9.85. The molecule has 2 amide bonds. The summed E-state index contributed by atoms with van der Waals surface area (Å²) in [6.07, 6.45) is -2.72. The molecule has 0 unspecified atom stereocenters. The second-order valence-electron chi connectivity index (χ2n) is 6.29. The summed E-state index contributed by atoms with van der Waals surface area (Å²) in [5.41, 5.74) is 0.964. The third-order valence-corrected chi connectivity index (χ3v) is 4.35. The molecule has 1 aliphatic rings. The predicted molar refractivity (Wildman–Crippen MR) is 84.5 cm³/mol. The molecule has 1 aliphatic carbocycles. The van der Waals surface area contributed by atoms with E-state index in [2.05, 4.69) is 10.6 Å². The van der Waals surface area contributed by atoms with Gasteiger partial charge in [-0.2, -0.15) is 13.2 Å². The van der Waals surface area contributed by atoms with Crippen molar-refractivity contribution in [3.05, 3.63) is 35.9 Å². The van der Waals surface area contributed by atoms with Gasteiger partial charge in [-0.15, -0.1) is 0 Å². The number of rotatable bonds is 5. The molecule has 1 fully saturated rings. The van der Waals surface area contributed by atoms with Gasteiger partial charge in [0.25, 0.3) is 0 Å². The van der Waals surface area contributed by atoms with Crippen molar-refractivity contribution < 1.29 is 23.1 Å². The van der Waals surface area contributed by atoms with Crippen LogP contribution < -0.4 is 10.6 Å². The monoisotopic (exact) mass is 344 g/mol. The van der Waals surface area contributed by atoms with Gasteiger partial charge >= 0.3 is 12.2 Å². The smallest absolute Gasteiger partial charge is 0.391 e. The van der Waals surface area contributed by atoms with E-state index < -0.39 is 30.2 Å². The van der Waals surface area contributed by atoms with E-state index in [0.717, 1.165) is 5.56 Å². The Kier molecular flexibility index (Phi) is 6.48. The highest BCUT2D eigenvalue weighted by atomic mass is 19.4. The van der Waals surface area contributed by atoms with Gasteiger partial charge in [0.2, 0.25) is 0 Å². The molecule has 0 radical (unpaired) electrons.